The number of rotatable bonds is 7. The minimum Gasteiger partial charge on any atom is -0.497 e. The van der Waals surface area contributed by atoms with Crippen LogP contribution in [0, 0.1) is 0 Å². The standard InChI is InChI=1S/C22H24N4O2/c1-4-26(5-2)22(27)19-15-20(23-17-12-9-13-18(14-17)28-3)25-21(24-19)16-10-7-6-8-11-16/h6-15H,4-5H2,1-3H3,(H,23,24,25). The molecule has 0 fully saturated rings. The van der Waals surface area contributed by atoms with Crippen LogP contribution in [-0.2, 0) is 0 Å². The summed E-state index contributed by atoms with van der Waals surface area (Å²) in [6.45, 7) is 5.16. The molecular weight excluding hydrogens is 352 g/mol. The zero-order chi connectivity index (χ0) is 19.9. The summed E-state index contributed by atoms with van der Waals surface area (Å²) >= 11 is 0. The van der Waals surface area contributed by atoms with E-state index in [1.807, 2.05) is 68.4 Å². The van der Waals surface area contributed by atoms with E-state index in [2.05, 4.69) is 15.3 Å². The van der Waals surface area contributed by atoms with Crippen LogP contribution in [0.1, 0.15) is 24.3 Å². The van der Waals surface area contributed by atoms with Gasteiger partial charge in [-0.25, -0.2) is 9.97 Å². The van der Waals surface area contributed by atoms with Gasteiger partial charge in [-0.3, -0.25) is 4.79 Å². The van der Waals surface area contributed by atoms with E-state index in [4.69, 9.17) is 4.74 Å². The van der Waals surface area contributed by atoms with E-state index < -0.39 is 0 Å². The van der Waals surface area contributed by atoms with Crippen molar-refractivity contribution >= 4 is 17.4 Å². The van der Waals surface area contributed by atoms with Gasteiger partial charge in [0, 0.05) is 36.5 Å². The third-order valence-corrected chi connectivity index (χ3v) is 4.37. The predicted octanol–water partition coefficient (Wildman–Crippen LogP) is 4.38. The van der Waals surface area contributed by atoms with Gasteiger partial charge in [-0.15, -0.1) is 0 Å². The van der Waals surface area contributed by atoms with Crippen LogP contribution < -0.4 is 10.1 Å². The molecule has 6 nitrogen and oxygen atoms in total. The van der Waals surface area contributed by atoms with Gasteiger partial charge in [0.2, 0.25) is 0 Å². The van der Waals surface area contributed by atoms with Crippen LogP contribution in [0.15, 0.2) is 60.7 Å². The number of nitrogens with zero attached hydrogens (tertiary/aromatic N) is 3. The maximum Gasteiger partial charge on any atom is 0.272 e. The fraction of sp³-hybridized carbons (Fsp3) is 0.227. The highest BCUT2D eigenvalue weighted by molar-refractivity contribution is 5.93. The molecule has 0 radical (unpaired) electrons. The van der Waals surface area contributed by atoms with Gasteiger partial charge in [0.15, 0.2) is 5.82 Å². The highest BCUT2D eigenvalue weighted by Crippen LogP contribution is 2.23. The van der Waals surface area contributed by atoms with Crippen molar-refractivity contribution < 1.29 is 9.53 Å². The Morgan fingerprint density at radius 2 is 1.75 bits per heavy atom. The van der Waals surface area contributed by atoms with Crippen molar-refractivity contribution in [3.63, 3.8) is 0 Å². The molecule has 3 aromatic rings. The molecule has 0 unspecified atom stereocenters. The molecule has 0 spiro atoms. The molecule has 0 atom stereocenters. The number of methoxy groups -OCH3 is 1. The van der Waals surface area contributed by atoms with Crippen molar-refractivity contribution in [3.05, 3.63) is 66.4 Å². The van der Waals surface area contributed by atoms with Crippen molar-refractivity contribution in [2.45, 2.75) is 13.8 Å². The lowest BCUT2D eigenvalue weighted by molar-refractivity contribution is 0.0767. The molecule has 2 aromatic carbocycles. The van der Waals surface area contributed by atoms with E-state index in [0.717, 1.165) is 17.0 Å². The first-order chi connectivity index (χ1) is 13.6. The second-order valence-electron chi connectivity index (χ2n) is 6.16. The Morgan fingerprint density at radius 3 is 2.43 bits per heavy atom. The van der Waals surface area contributed by atoms with Crippen molar-refractivity contribution in [1.82, 2.24) is 14.9 Å². The van der Waals surface area contributed by atoms with Crippen molar-refractivity contribution in [1.29, 1.82) is 0 Å². The molecule has 1 N–H and O–H groups in total. The molecule has 0 aliphatic carbocycles. The van der Waals surface area contributed by atoms with E-state index in [1.54, 1.807) is 18.1 Å². The number of hydrogen-bond acceptors (Lipinski definition) is 5. The smallest absolute Gasteiger partial charge is 0.272 e. The zero-order valence-electron chi connectivity index (χ0n) is 16.3. The van der Waals surface area contributed by atoms with E-state index in [0.29, 0.717) is 30.4 Å². The summed E-state index contributed by atoms with van der Waals surface area (Å²) in [6.07, 6.45) is 0. The van der Waals surface area contributed by atoms with Crippen LogP contribution in [0.4, 0.5) is 11.5 Å². The summed E-state index contributed by atoms with van der Waals surface area (Å²) in [6, 6.07) is 18.9. The number of hydrogen-bond donors (Lipinski definition) is 1. The second-order valence-corrected chi connectivity index (χ2v) is 6.16. The summed E-state index contributed by atoms with van der Waals surface area (Å²) in [4.78, 5) is 23.8. The highest BCUT2D eigenvalue weighted by atomic mass is 16.5. The van der Waals surface area contributed by atoms with Crippen LogP contribution >= 0.6 is 0 Å². The third kappa shape index (κ3) is 4.46. The number of ether oxygens (including phenoxy) is 1. The fourth-order valence-electron chi connectivity index (χ4n) is 2.86. The Morgan fingerprint density at radius 1 is 1.00 bits per heavy atom. The van der Waals surface area contributed by atoms with Crippen LogP contribution in [0.5, 0.6) is 5.75 Å². The largest absolute Gasteiger partial charge is 0.497 e. The van der Waals surface area contributed by atoms with Gasteiger partial charge in [-0.2, -0.15) is 0 Å². The average Bonchev–Trinajstić information content (AvgIpc) is 2.75. The second kappa shape index (κ2) is 8.99. The van der Waals surface area contributed by atoms with Gasteiger partial charge in [0.25, 0.3) is 5.91 Å². The third-order valence-electron chi connectivity index (χ3n) is 4.37. The molecule has 1 aromatic heterocycles. The van der Waals surface area contributed by atoms with Gasteiger partial charge in [0.05, 0.1) is 7.11 Å². The van der Waals surface area contributed by atoms with Gasteiger partial charge in [-0.1, -0.05) is 36.4 Å². The molecule has 1 amide bonds. The lowest BCUT2D eigenvalue weighted by Crippen LogP contribution is -2.31. The molecule has 28 heavy (non-hydrogen) atoms. The summed E-state index contributed by atoms with van der Waals surface area (Å²) in [5.74, 6) is 1.68. The maximum atomic E-state index is 12.9. The lowest BCUT2D eigenvalue weighted by Gasteiger charge is -2.19. The summed E-state index contributed by atoms with van der Waals surface area (Å²) in [5, 5.41) is 3.26. The normalized spacial score (nSPS) is 10.4. The Labute approximate surface area is 165 Å². The Bertz CT molecular complexity index is 940. The molecule has 0 aliphatic heterocycles. The number of aromatic nitrogens is 2. The van der Waals surface area contributed by atoms with Crippen molar-refractivity contribution in [2.24, 2.45) is 0 Å². The number of carbonyl (C=O) groups is 1. The summed E-state index contributed by atoms with van der Waals surface area (Å²) in [7, 11) is 1.62. The molecule has 0 saturated heterocycles. The minimum atomic E-state index is -0.113. The minimum absolute atomic E-state index is 0.113. The number of anilines is 2. The topological polar surface area (TPSA) is 67.4 Å². The number of amides is 1. The number of benzene rings is 2. The molecule has 6 heteroatoms. The molecule has 0 aliphatic rings. The maximum absolute atomic E-state index is 12.9. The monoisotopic (exact) mass is 376 g/mol. The van der Waals surface area contributed by atoms with Crippen molar-refractivity contribution in [3.8, 4) is 17.1 Å². The summed E-state index contributed by atoms with van der Waals surface area (Å²) < 4.78 is 5.27. The number of nitrogens with one attached hydrogen (secondary N) is 1. The molecule has 1 heterocycles. The molecule has 144 valence electrons. The highest BCUT2D eigenvalue weighted by Gasteiger charge is 2.17. The van der Waals surface area contributed by atoms with Gasteiger partial charge < -0.3 is 15.0 Å². The first-order valence-electron chi connectivity index (χ1n) is 9.29. The quantitative estimate of drug-likeness (QED) is 0.663. The predicted molar refractivity (Wildman–Crippen MR) is 111 cm³/mol. The Hall–Kier alpha value is -3.41. The Kier molecular flexibility index (Phi) is 6.22. The van der Waals surface area contributed by atoms with Crippen molar-refractivity contribution in [2.75, 3.05) is 25.5 Å². The van der Waals surface area contributed by atoms with Crippen LogP contribution in [0.2, 0.25) is 0 Å². The van der Waals surface area contributed by atoms with Gasteiger partial charge in [0.1, 0.15) is 17.3 Å². The number of carbonyl (C=O) groups excluding carboxylic acids is 1. The molecule has 0 saturated carbocycles. The molecular formula is C22H24N4O2. The SMILES string of the molecule is CCN(CC)C(=O)c1cc(Nc2cccc(OC)c2)nc(-c2ccccc2)n1. The first kappa shape index (κ1) is 19.4. The van der Waals surface area contributed by atoms with Crippen LogP contribution in [-0.4, -0.2) is 41.0 Å². The van der Waals surface area contributed by atoms with E-state index in [-0.39, 0.29) is 5.91 Å². The first-order valence-corrected chi connectivity index (χ1v) is 9.29. The van der Waals surface area contributed by atoms with Gasteiger partial charge >= 0.3 is 0 Å². The van der Waals surface area contributed by atoms with Crippen LogP contribution in [0.3, 0.4) is 0 Å². The molecule has 0 bridgehead atoms. The van der Waals surface area contributed by atoms with Gasteiger partial charge in [-0.05, 0) is 26.0 Å². The lowest BCUT2D eigenvalue weighted by atomic mass is 10.2. The van der Waals surface area contributed by atoms with Crippen LogP contribution in [0.25, 0.3) is 11.4 Å². The van der Waals surface area contributed by atoms with E-state index in [9.17, 15) is 4.79 Å². The molecule has 3 rings (SSSR count). The van der Waals surface area contributed by atoms with E-state index in [1.165, 1.54) is 0 Å². The summed E-state index contributed by atoms with van der Waals surface area (Å²) in [5.41, 5.74) is 2.03. The zero-order valence-corrected chi connectivity index (χ0v) is 16.3. The van der Waals surface area contributed by atoms with E-state index >= 15 is 0 Å². The Balaban J connectivity index is 2.03. The fourth-order valence-corrected chi connectivity index (χ4v) is 2.86. The average molecular weight is 376 g/mol.